The van der Waals surface area contributed by atoms with Crippen molar-refractivity contribution in [2.75, 3.05) is 33.3 Å². The summed E-state index contributed by atoms with van der Waals surface area (Å²) in [5.74, 6) is -1.37. The minimum absolute atomic E-state index is 0.292. The third-order valence-corrected chi connectivity index (χ3v) is 7.48. The number of β-amino-alcohol motifs (C(OH)–C–C–N with tert-alkyl or cyclic N) is 1. The third kappa shape index (κ3) is 6.45. The number of aromatic nitrogens is 1. The van der Waals surface area contributed by atoms with Crippen LogP contribution in [-0.2, 0) is 9.53 Å². The van der Waals surface area contributed by atoms with Crippen molar-refractivity contribution in [1.29, 1.82) is 0 Å². The van der Waals surface area contributed by atoms with E-state index in [9.17, 15) is 18.7 Å². The number of allylic oxidation sites excluding steroid dienone is 1. The van der Waals surface area contributed by atoms with Gasteiger partial charge in [-0.05, 0) is 82.4 Å². The van der Waals surface area contributed by atoms with Crippen LogP contribution in [0.15, 0.2) is 58.9 Å². The molecule has 0 bridgehead atoms. The van der Waals surface area contributed by atoms with Crippen LogP contribution in [0.25, 0.3) is 0 Å². The number of likely N-dealkylation sites (tertiary alicyclic amines) is 1. The van der Waals surface area contributed by atoms with E-state index in [1.807, 2.05) is 30.2 Å². The number of rotatable bonds is 9. The molecule has 0 radical (unpaired) electrons. The maximum absolute atomic E-state index is 14.2. The third-order valence-electron chi connectivity index (χ3n) is 7.48. The van der Waals surface area contributed by atoms with Gasteiger partial charge in [0, 0.05) is 30.9 Å². The zero-order valence-corrected chi connectivity index (χ0v) is 22.2. The van der Waals surface area contributed by atoms with Crippen molar-refractivity contribution in [3.05, 3.63) is 76.8 Å². The van der Waals surface area contributed by atoms with Crippen LogP contribution >= 0.6 is 0 Å². The largest absolute Gasteiger partial charge is 0.466 e. The molecular weight excluding hydrogens is 490 g/mol. The van der Waals surface area contributed by atoms with E-state index in [1.54, 1.807) is 6.92 Å². The van der Waals surface area contributed by atoms with Crippen LogP contribution in [0.4, 0.5) is 8.78 Å². The lowest BCUT2D eigenvalue weighted by Gasteiger charge is -2.38. The number of aliphatic imine (C=N–C) groups is 1. The highest BCUT2D eigenvalue weighted by molar-refractivity contribution is 5.95. The Morgan fingerprint density at radius 1 is 1.16 bits per heavy atom. The summed E-state index contributed by atoms with van der Waals surface area (Å²) in [6.07, 6.45) is 4.57. The second kappa shape index (κ2) is 12.6. The first-order valence-corrected chi connectivity index (χ1v) is 13.2. The van der Waals surface area contributed by atoms with Crippen LogP contribution in [0.1, 0.15) is 62.7 Å². The molecule has 0 spiro atoms. The van der Waals surface area contributed by atoms with Crippen molar-refractivity contribution >= 4 is 11.8 Å². The number of piperidine rings is 1. The molecule has 9 heteroatoms. The van der Waals surface area contributed by atoms with E-state index in [-0.39, 0.29) is 0 Å². The predicted octanol–water partition coefficient (Wildman–Crippen LogP) is 4.60. The Balaban J connectivity index is 1.37. The zero-order chi connectivity index (χ0) is 27.2. The fraction of sp³-hybridized carbons (Fsp3) is 0.483. The van der Waals surface area contributed by atoms with Crippen molar-refractivity contribution in [3.63, 3.8) is 0 Å². The smallest absolute Gasteiger partial charge is 0.338 e. The number of nitrogens with zero attached hydrogens (tertiary/aromatic N) is 4. The quantitative estimate of drug-likeness (QED) is 0.481. The number of carbonyl (C=O) groups excluding carboxylic acids is 1. The first-order chi connectivity index (χ1) is 18.3. The summed E-state index contributed by atoms with van der Waals surface area (Å²) >= 11 is 0. The summed E-state index contributed by atoms with van der Waals surface area (Å²) < 4.78 is 32.9. The van der Waals surface area contributed by atoms with Gasteiger partial charge in [0.05, 0.1) is 30.5 Å². The Hall–Kier alpha value is -3.17. The van der Waals surface area contributed by atoms with Gasteiger partial charge in [-0.2, -0.15) is 0 Å². The van der Waals surface area contributed by atoms with Crippen LogP contribution in [0.3, 0.4) is 0 Å². The fourth-order valence-electron chi connectivity index (χ4n) is 5.51. The van der Waals surface area contributed by atoms with Gasteiger partial charge in [-0.25, -0.2) is 18.6 Å². The number of hydrogen-bond acceptors (Lipinski definition) is 7. The molecule has 2 atom stereocenters. The number of esters is 1. The number of pyridine rings is 1. The standard InChI is InChI=1S/C29H36F2N4O3/c1-19-27(29(37)38-3)28(22-9-10-24(30)25(31)17-22)35(20(2)33-19)14-6-7-23(36)18-34-15-11-21(12-16-34)26-8-4-5-13-32-26/h4-5,8-10,13,17,21,23,28,36H,6-7,11-12,14-16,18H2,1-3H3. The number of hydrogen-bond donors (Lipinski definition) is 1. The Morgan fingerprint density at radius 3 is 2.58 bits per heavy atom. The summed E-state index contributed by atoms with van der Waals surface area (Å²) in [5, 5.41) is 10.8. The average molecular weight is 527 g/mol. The zero-order valence-electron chi connectivity index (χ0n) is 22.2. The molecule has 3 heterocycles. The molecule has 0 amide bonds. The maximum atomic E-state index is 14.2. The van der Waals surface area contributed by atoms with Gasteiger partial charge < -0.3 is 19.6 Å². The number of halogens is 2. The second-order valence-corrected chi connectivity index (χ2v) is 10.0. The molecule has 0 aliphatic carbocycles. The monoisotopic (exact) mass is 526 g/mol. The Kier molecular flexibility index (Phi) is 9.22. The highest BCUT2D eigenvalue weighted by Crippen LogP contribution is 2.36. The molecule has 2 aliphatic rings. The van der Waals surface area contributed by atoms with E-state index in [0.717, 1.165) is 43.8 Å². The SMILES string of the molecule is COC(=O)C1=C(C)N=C(C)N(CCCC(O)CN2CCC(c3ccccn3)CC2)C1c1ccc(F)c(F)c1. The summed E-state index contributed by atoms with van der Waals surface area (Å²) in [5.41, 5.74) is 2.35. The van der Waals surface area contributed by atoms with Crippen LogP contribution in [0.2, 0.25) is 0 Å². The van der Waals surface area contributed by atoms with E-state index in [2.05, 4.69) is 20.9 Å². The summed E-state index contributed by atoms with van der Waals surface area (Å²) in [4.78, 5) is 25.9. The van der Waals surface area contributed by atoms with Gasteiger partial charge in [0.15, 0.2) is 11.6 Å². The van der Waals surface area contributed by atoms with Crippen LogP contribution in [-0.4, -0.2) is 71.1 Å². The van der Waals surface area contributed by atoms with Gasteiger partial charge >= 0.3 is 5.97 Å². The van der Waals surface area contributed by atoms with E-state index in [1.165, 1.54) is 13.2 Å². The van der Waals surface area contributed by atoms with Gasteiger partial charge in [0.1, 0.15) is 5.84 Å². The topological polar surface area (TPSA) is 78.3 Å². The van der Waals surface area contributed by atoms with Gasteiger partial charge in [0.2, 0.25) is 0 Å². The van der Waals surface area contributed by atoms with Crippen molar-refractivity contribution < 1.29 is 23.4 Å². The molecular formula is C29H36F2N4O3. The van der Waals surface area contributed by atoms with Crippen molar-refractivity contribution in [2.45, 2.75) is 57.6 Å². The number of ether oxygens (including phenoxy) is 1. The second-order valence-electron chi connectivity index (χ2n) is 10.0. The molecule has 204 valence electrons. The Labute approximate surface area is 222 Å². The normalized spacial score (nSPS) is 19.9. The lowest BCUT2D eigenvalue weighted by molar-refractivity contribution is -0.136. The highest BCUT2D eigenvalue weighted by atomic mass is 19.2. The van der Waals surface area contributed by atoms with Gasteiger partial charge in [-0.3, -0.25) is 4.98 Å². The van der Waals surface area contributed by atoms with Crippen LogP contribution in [0.5, 0.6) is 0 Å². The highest BCUT2D eigenvalue weighted by Gasteiger charge is 2.35. The number of aliphatic hydroxyl groups is 1. The van der Waals surface area contributed by atoms with Crippen molar-refractivity contribution in [2.24, 2.45) is 4.99 Å². The molecule has 2 aliphatic heterocycles. The van der Waals surface area contributed by atoms with Gasteiger partial charge in [0.25, 0.3) is 0 Å². The van der Waals surface area contributed by atoms with E-state index >= 15 is 0 Å². The Morgan fingerprint density at radius 2 is 1.92 bits per heavy atom. The molecule has 2 aromatic rings. The molecule has 1 fully saturated rings. The molecule has 1 saturated heterocycles. The average Bonchev–Trinajstić information content (AvgIpc) is 2.91. The van der Waals surface area contributed by atoms with Gasteiger partial charge in [-0.15, -0.1) is 0 Å². The van der Waals surface area contributed by atoms with Crippen LogP contribution in [0, 0.1) is 11.6 Å². The number of methoxy groups -OCH3 is 1. The maximum Gasteiger partial charge on any atom is 0.338 e. The lowest BCUT2D eigenvalue weighted by atomic mass is 9.92. The summed E-state index contributed by atoms with van der Waals surface area (Å²) in [6, 6.07) is 9.03. The molecule has 1 aromatic heterocycles. The summed E-state index contributed by atoms with van der Waals surface area (Å²) in [6.45, 7) is 6.45. The van der Waals surface area contributed by atoms with Gasteiger partial charge in [-0.1, -0.05) is 12.1 Å². The first-order valence-electron chi connectivity index (χ1n) is 13.2. The Bertz CT molecular complexity index is 1180. The van der Waals surface area contributed by atoms with E-state index in [4.69, 9.17) is 4.74 Å². The minimum Gasteiger partial charge on any atom is -0.466 e. The first kappa shape index (κ1) is 27.9. The molecule has 1 aromatic carbocycles. The van der Waals surface area contributed by atoms with Crippen molar-refractivity contribution in [3.8, 4) is 0 Å². The molecule has 38 heavy (non-hydrogen) atoms. The van der Waals surface area contributed by atoms with Crippen molar-refractivity contribution in [1.82, 2.24) is 14.8 Å². The molecule has 1 N–H and O–H groups in total. The van der Waals surface area contributed by atoms with E-state index < -0.39 is 29.7 Å². The number of aliphatic hydroxyl groups excluding tert-OH is 1. The fourth-order valence-corrected chi connectivity index (χ4v) is 5.51. The molecule has 0 saturated carbocycles. The summed E-state index contributed by atoms with van der Waals surface area (Å²) in [7, 11) is 1.29. The predicted molar refractivity (Wildman–Crippen MR) is 142 cm³/mol. The lowest BCUT2D eigenvalue weighted by Crippen LogP contribution is -2.41. The molecule has 2 unspecified atom stereocenters. The minimum atomic E-state index is -0.980. The number of benzene rings is 1. The number of carbonyl (C=O) groups is 1. The molecule has 4 rings (SSSR count). The van der Waals surface area contributed by atoms with E-state index in [0.29, 0.717) is 54.5 Å². The van der Waals surface area contributed by atoms with Crippen LogP contribution < -0.4 is 0 Å². The number of amidine groups is 1. The molecule has 7 nitrogen and oxygen atoms in total.